The Morgan fingerprint density at radius 1 is 1.13 bits per heavy atom. The number of rotatable bonds is 1. The highest BCUT2D eigenvalue weighted by Crippen LogP contribution is 2.39. The zero-order chi connectivity index (χ0) is 16.0. The molecule has 0 unspecified atom stereocenters. The van der Waals surface area contributed by atoms with Crippen molar-refractivity contribution in [1.82, 2.24) is 9.78 Å². The van der Waals surface area contributed by atoms with Crippen molar-refractivity contribution in [2.75, 3.05) is 6.61 Å². The Hall–Kier alpha value is -1.49. The largest absolute Gasteiger partial charge is 0.492 e. The first kappa shape index (κ1) is 15.1. The monoisotopic (exact) mass is 408 g/mol. The molecule has 3 nitrogen and oxygen atoms in total. The number of halogens is 3. The number of nitrogens with zero attached hydrogens (tertiary/aromatic N) is 2. The van der Waals surface area contributed by atoms with E-state index in [0.29, 0.717) is 16.7 Å². The summed E-state index contributed by atoms with van der Waals surface area (Å²) in [5.74, 6) is 0.838. The quantitative estimate of drug-likeness (QED) is 0.527. The van der Waals surface area contributed by atoms with Gasteiger partial charge in [0.2, 0.25) is 0 Å². The summed E-state index contributed by atoms with van der Waals surface area (Å²) in [7, 11) is 0. The van der Waals surface area contributed by atoms with Crippen molar-refractivity contribution < 1.29 is 4.74 Å². The van der Waals surface area contributed by atoms with Crippen LogP contribution in [0, 0.1) is 0 Å². The fourth-order valence-electron chi connectivity index (χ4n) is 2.77. The molecule has 0 spiro atoms. The highest BCUT2D eigenvalue weighted by atomic mass is 79.9. The third-order valence-electron chi connectivity index (χ3n) is 3.81. The number of aromatic nitrogens is 2. The lowest BCUT2D eigenvalue weighted by Crippen LogP contribution is -2.01. The molecule has 0 bridgehead atoms. The molecule has 0 aliphatic carbocycles. The van der Waals surface area contributed by atoms with E-state index in [9.17, 15) is 0 Å². The maximum Gasteiger partial charge on any atom is 0.129 e. The van der Waals surface area contributed by atoms with Crippen LogP contribution in [-0.2, 0) is 6.42 Å². The molecule has 0 saturated carbocycles. The average Bonchev–Trinajstić information content (AvgIpc) is 2.83. The van der Waals surface area contributed by atoms with Crippen LogP contribution in [0.3, 0.4) is 0 Å². The van der Waals surface area contributed by atoms with E-state index in [1.807, 2.05) is 41.2 Å². The molecular weight excluding hydrogens is 399 g/mol. The van der Waals surface area contributed by atoms with E-state index in [1.54, 1.807) is 6.07 Å². The summed E-state index contributed by atoms with van der Waals surface area (Å²) in [5.41, 5.74) is 3.95. The van der Waals surface area contributed by atoms with Crippen molar-refractivity contribution in [3.05, 3.63) is 62.7 Å². The molecule has 1 aliphatic heterocycles. The highest BCUT2D eigenvalue weighted by Gasteiger charge is 2.22. The van der Waals surface area contributed by atoms with Gasteiger partial charge in [-0.1, -0.05) is 39.1 Å². The lowest BCUT2D eigenvalue weighted by atomic mass is 10.1. The molecule has 0 N–H and O–H groups in total. The predicted octanol–water partition coefficient (Wildman–Crippen LogP) is 5.54. The van der Waals surface area contributed by atoms with Gasteiger partial charge in [0.1, 0.15) is 5.75 Å². The molecule has 23 heavy (non-hydrogen) atoms. The lowest BCUT2D eigenvalue weighted by Gasteiger charge is -2.12. The molecule has 0 saturated heterocycles. The minimum Gasteiger partial charge on any atom is -0.492 e. The number of ether oxygens (including phenoxy) is 1. The van der Waals surface area contributed by atoms with Gasteiger partial charge in [0.25, 0.3) is 0 Å². The second-order valence-corrected chi connectivity index (χ2v) is 7.02. The summed E-state index contributed by atoms with van der Waals surface area (Å²) in [4.78, 5) is 0. The lowest BCUT2D eigenvalue weighted by molar-refractivity contribution is 0.326. The second kappa shape index (κ2) is 5.86. The predicted molar refractivity (Wildman–Crippen MR) is 95.9 cm³/mol. The SMILES string of the molecule is Clc1ccc(-n2ncc3c2-c2ccc(Br)cc2OCC3)c(Cl)c1. The molecule has 3 aromatic rings. The minimum absolute atomic E-state index is 0.562. The molecule has 0 amide bonds. The van der Waals surface area contributed by atoms with Gasteiger partial charge in [0.05, 0.1) is 29.2 Å². The Bertz CT molecular complexity index is 908. The van der Waals surface area contributed by atoms with E-state index >= 15 is 0 Å². The van der Waals surface area contributed by atoms with Crippen LogP contribution in [0.25, 0.3) is 16.9 Å². The van der Waals surface area contributed by atoms with Crippen LogP contribution in [0.5, 0.6) is 5.75 Å². The standard InChI is InChI=1S/C17H11BrCl2N2O/c18-11-1-3-13-16(7-11)23-6-5-10-9-21-22(17(10)13)15-4-2-12(19)8-14(15)20/h1-4,7-9H,5-6H2. The first-order valence-corrected chi connectivity index (χ1v) is 8.63. The molecule has 2 aromatic carbocycles. The molecule has 4 rings (SSSR count). The van der Waals surface area contributed by atoms with Gasteiger partial charge in [0.15, 0.2) is 0 Å². The van der Waals surface area contributed by atoms with Gasteiger partial charge in [-0.05, 0) is 36.4 Å². The van der Waals surface area contributed by atoms with E-state index in [4.69, 9.17) is 27.9 Å². The van der Waals surface area contributed by atoms with E-state index < -0.39 is 0 Å². The zero-order valence-corrected chi connectivity index (χ0v) is 15.0. The van der Waals surface area contributed by atoms with Crippen LogP contribution >= 0.6 is 39.1 Å². The molecule has 6 heteroatoms. The van der Waals surface area contributed by atoms with Crippen molar-refractivity contribution in [2.24, 2.45) is 0 Å². The molecule has 0 radical (unpaired) electrons. The van der Waals surface area contributed by atoms with E-state index in [0.717, 1.165) is 39.2 Å². The number of fused-ring (bicyclic) bond motifs is 3. The number of benzene rings is 2. The van der Waals surface area contributed by atoms with Gasteiger partial charge in [0, 0.05) is 27.0 Å². The Morgan fingerprint density at radius 2 is 2.00 bits per heavy atom. The van der Waals surface area contributed by atoms with Gasteiger partial charge >= 0.3 is 0 Å². The van der Waals surface area contributed by atoms with Crippen molar-refractivity contribution >= 4 is 39.1 Å². The molecule has 1 aromatic heterocycles. The van der Waals surface area contributed by atoms with Crippen LogP contribution in [0.15, 0.2) is 47.1 Å². The summed E-state index contributed by atoms with van der Waals surface area (Å²) in [6, 6.07) is 11.4. The summed E-state index contributed by atoms with van der Waals surface area (Å²) in [6.45, 7) is 0.622. The normalized spacial score (nSPS) is 13.0. The molecule has 2 heterocycles. The van der Waals surface area contributed by atoms with Gasteiger partial charge in [-0.2, -0.15) is 5.10 Å². The summed E-state index contributed by atoms with van der Waals surface area (Å²) < 4.78 is 8.72. The maximum absolute atomic E-state index is 6.37. The van der Waals surface area contributed by atoms with Gasteiger partial charge in [-0.25, -0.2) is 4.68 Å². The third kappa shape index (κ3) is 2.65. The first-order chi connectivity index (χ1) is 11.1. The maximum atomic E-state index is 6.37. The highest BCUT2D eigenvalue weighted by molar-refractivity contribution is 9.10. The Labute approximate surface area is 151 Å². The minimum atomic E-state index is 0.562. The van der Waals surface area contributed by atoms with Gasteiger partial charge in [-0.15, -0.1) is 0 Å². The van der Waals surface area contributed by atoms with E-state index in [1.165, 1.54) is 0 Å². The Morgan fingerprint density at radius 3 is 2.83 bits per heavy atom. The Kier molecular flexibility index (Phi) is 3.84. The average molecular weight is 410 g/mol. The fraction of sp³-hybridized carbons (Fsp3) is 0.118. The Balaban J connectivity index is 1.97. The first-order valence-electron chi connectivity index (χ1n) is 7.08. The van der Waals surface area contributed by atoms with Crippen molar-refractivity contribution in [1.29, 1.82) is 0 Å². The smallest absolute Gasteiger partial charge is 0.129 e. The zero-order valence-electron chi connectivity index (χ0n) is 11.9. The van der Waals surface area contributed by atoms with Crippen molar-refractivity contribution in [3.8, 4) is 22.7 Å². The van der Waals surface area contributed by atoms with Crippen molar-refractivity contribution in [3.63, 3.8) is 0 Å². The van der Waals surface area contributed by atoms with Crippen LogP contribution < -0.4 is 4.74 Å². The molecule has 0 fully saturated rings. The van der Waals surface area contributed by atoms with Crippen LogP contribution in [0.1, 0.15) is 5.56 Å². The third-order valence-corrected chi connectivity index (χ3v) is 4.84. The second-order valence-electron chi connectivity index (χ2n) is 5.26. The van der Waals surface area contributed by atoms with Crippen LogP contribution in [0.2, 0.25) is 10.0 Å². The molecule has 1 aliphatic rings. The molecule has 116 valence electrons. The topological polar surface area (TPSA) is 27.1 Å². The summed E-state index contributed by atoms with van der Waals surface area (Å²) in [5, 5.41) is 5.71. The van der Waals surface area contributed by atoms with Crippen LogP contribution in [0.4, 0.5) is 0 Å². The van der Waals surface area contributed by atoms with E-state index in [-0.39, 0.29) is 0 Å². The number of hydrogen-bond donors (Lipinski definition) is 0. The van der Waals surface area contributed by atoms with E-state index in [2.05, 4.69) is 21.0 Å². The summed E-state index contributed by atoms with van der Waals surface area (Å²) >= 11 is 15.9. The van der Waals surface area contributed by atoms with Gasteiger partial charge in [-0.3, -0.25) is 0 Å². The summed E-state index contributed by atoms with van der Waals surface area (Å²) in [6.07, 6.45) is 2.67. The van der Waals surface area contributed by atoms with Crippen LogP contribution in [-0.4, -0.2) is 16.4 Å². The van der Waals surface area contributed by atoms with Crippen molar-refractivity contribution in [2.45, 2.75) is 6.42 Å². The molecular formula is C17H11BrCl2N2O. The van der Waals surface area contributed by atoms with Gasteiger partial charge < -0.3 is 4.74 Å². The number of hydrogen-bond acceptors (Lipinski definition) is 2. The fourth-order valence-corrected chi connectivity index (χ4v) is 3.60. The molecule has 0 atom stereocenters.